The average Bonchev–Trinajstić information content (AvgIpc) is 3.38. The molecule has 4 aromatic carbocycles. The summed E-state index contributed by atoms with van der Waals surface area (Å²) in [5, 5.41) is 0.595. The zero-order valence-electron chi connectivity index (χ0n) is 27.4. The minimum Gasteiger partial charge on any atom is -0.489 e. The zero-order valence-corrected chi connectivity index (χ0v) is 27.4. The molecule has 1 aliphatic heterocycles. The predicted octanol–water partition coefficient (Wildman–Crippen LogP) is 7.83. The van der Waals surface area contributed by atoms with Crippen molar-refractivity contribution in [1.29, 1.82) is 0 Å². The number of amides is 2. The van der Waals surface area contributed by atoms with Crippen molar-refractivity contribution in [1.82, 2.24) is 4.98 Å². The highest BCUT2D eigenvalue weighted by atomic mass is 16.5. The van der Waals surface area contributed by atoms with Gasteiger partial charge in [0.25, 0.3) is 0 Å². The number of anilines is 1. The second-order valence-corrected chi connectivity index (χ2v) is 13.0. The molecule has 1 aromatic heterocycles. The Morgan fingerprint density at radius 3 is 2.29 bits per heavy atom. The van der Waals surface area contributed by atoms with Gasteiger partial charge in [0.15, 0.2) is 6.10 Å². The topological polar surface area (TPSA) is 103 Å². The SMILES string of the molecule is CC1CCC2C(=O)N(c3ccc(-c4cc(C(=O)OC(C)C(=O)c5ccc(OCc6ccccc6)cc5)c5ccccc5n4)cc3)C(=O)C2C1. The predicted molar refractivity (Wildman–Crippen MR) is 186 cm³/mol. The van der Waals surface area contributed by atoms with Gasteiger partial charge in [0.1, 0.15) is 12.4 Å². The van der Waals surface area contributed by atoms with Crippen LogP contribution in [0.3, 0.4) is 0 Å². The van der Waals surface area contributed by atoms with Crippen LogP contribution >= 0.6 is 0 Å². The second kappa shape index (κ2) is 13.5. The molecule has 0 N–H and O–H groups in total. The van der Waals surface area contributed by atoms with E-state index in [2.05, 4.69) is 6.92 Å². The lowest BCUT2D eigenvalue weighted by Crippen LogP contribution is -2.30. The number of ether oxygens (including phenoxy) is 2. The quantitative estimate of drug-likeness (QED) is 0.0908. The first-order valence-corrected chi connectivity index (χ1v) is 16.7. The fraction of sp³-hybridized carbons (Fsp3) is 0.244. The molecule has 2 fully saturated rings. The number of pyridine rings is 1. The molecule has 0 bridgehead atoms. The number of esters is 1. The van der Waals surface area contributed by atoms with Crippen molar-refractivity contribution in [2.45, 2.75) is 45.8 Å². The molecule has 1 saturated carbocycles. The maximum absolute atomic E-state index is 13.6. The summed E-state index contributed by atoms with van der Waals surface area (Å²) in [6.07, 6.45) is 1.40. The van der Waals surface area contributed by atoms with E-state index in [0.29, 0.717) is 51.7 Å². The van der Waals surface area contributed by atoms with Crippen LogP contribution in [0.25, 0.3) is 22.2 Å². The van der Waals surface area contributed by atoms with Crippen LogP contribution in [0.1, 0.15) is 59.4 Å². The number of aromatic nitrogens is 1. The van der Waals surface area contributed by atoms with Gasteiger partial charge in [-0.05, 0) is 86.2 Å². The van der Waals surface area contributed by atoms with E-state index in [1.165, 1.54) is 4.90 Å². The number of Topliss-reactive ketones (excluding diaryl/α,β-unsaturated/α-hetero) is 1. The van der Waals surface area contributed by atoms with Gasteiger partial charge in [-0.1, -0.05) is 67.6 Å². The summed E-state index contributed by atoms with van der Waals surface area (Å²) >= 11 is 0. The first kappa shape index (κ1) is 31.9. The first-order chi connectivity index (χ1) is 23.8. The molecular weight excluding hydrogens is 616 g/mol. The van der Waals surface area contributed by atoms with Crippen molar-refractivity contribution < 1.29 is 28.7 Å². The van der Waals surface area contributed by atoms with E-state index >= 15 is 0 Å². The highest BCUT2D eigenvalue weighted by molar-refractivity contribution is 6.22. The van der Waals surface area contributed by atoms with Gasteiger partial charge in [0, 0.05) is 16.5 Å². The van der Waals surface area contributed by atoms with E-state index in [4.69, 9.17) is 14.5 Å². The molecule has 2 aliphatic rings. The lowest BCUT2D eigenvalue weighted by Gasteiger charge is -2.25. The maximum atomic E-state index is 13.6. The number of nitrogens with zero attached hydrogens (tertiary/aromatic N) is 2. The van der Waals surface area contributed by atoms with Crippen molar-refractivity contribution in [3.8, 4) is 17.0 Å². The van der Waals surface area contributed by atoms with Crippen LogP contribution in [0.5, 0.6) is 5.75 Å². The number of hydrogen-bond donors (Lipinski definition) is 0. The van der Waals surface area contributed by atoms with Crippen LogP contribution in [0.15, 0.2) is 109 Å². The number of ketones is 1. The summed E-state index contributed by atoms with van der Waals surface area (Å²) in [6.45, 7) is 4.10. The van der Waals surface area contributed by atoms with Gasteiger partial charge < -0.3 is 9.47 Å². The Balaban J connectivity index is 1.07. The highest BCUT2D eigenvalue weighted by Crippen LogP contribution is 2.42. The van der Waals surface area contributed by atoms with Gasteiger partial charge in [0.2, 0.25) is 17.6 Å². The molecule has 4 unspecified atom stereocenters. The molecule has 8 heteroatoms. The number of hydrogen-bond acceptors (Lipinski definition) is 7. The van der Waals surface area contributed by atoms with E-state index < -0.39 is 12.1 Å². The van der Waals surface area contributed by atoms with E-state index in [0.717, 1.165) is 24.8 Å². The third kappa shape index (κ3) is 6.46. The summed E-state index contributed by atoms with van der Waals surface area (Å²) in [6, 6.07) is 32.6. The van der Waals surface area contributed by atoms with E-state index in [-0.39, 0.29) is 35.0 Å². The molecule has 1 aliphatic carbocycles. The van der Waals surface area contributed by atoms with Crippen molar-refractivity contribution in [2.24, 2.45) is 17.8 Å². The van der Waals surface area contributed by atoms with Crippen molar-refractivity contribution in [3.05, 3.63) is 126 Å². The molecule has 5 aromatic rings. The number of rotatable bonds is 9. The Hall–Kier alpha value is -5.63. The van der Waals surface area contributed by atoms with Gasteiger partial charge in [-0.2, -0.15) is 0 Å². The van der Waals surface area contributed by atoms with E-state index in [9.17, 15) is 19.2 Å². The van der Waals surface area contributed by atoms with Gasteiger partial charge in [-0.25, -0.2) is 9.78 Å². The molecule has 49 heavy (non-hydrogen) atoms. The van der Waals surface area contributed by atoms with Gasteiger partial charge in [0.05, 0.1) is 34.3 Å². The summed E-state index contributed by atoms with van der Waals surface area (Å²) < 4.78 is 11.6. The number of para-hydroxylation sites is 1. The average molecular weight is 653 g/mol. The third-order valence-corrected chi connectivity index (χ3v) is 9.59. The summed E-state index contributed by atoms with van der Waals surface area (Å²) in [5.41, 5.74) is 4.05. The molecule has 8 nitrogen and oxygen atoms in total. The number of imide groups is 1. The molecule has 2 amide bonds. The van der Waals surface area contributed by atoms with Crippen LogP contribution in [-0.2, 0) is 20.9 Å². The van der Waals surface area contributed by atoms with E-state index in [1.807, 2.05) is 48.5 Å². The number of fused-ring (bicyclic) bond motifs is 2. The summed E-state index contributed by atoms with van der Waals surface area (Å²) in [5.74, 6) is -0.675. The van der Waals surface area contributed by atoms with Crippen molar-refractivity contribution in [3.63, 3.8) is 0 Å². The summed E-state index contributed by atoms with van der Waals surface area (Å²) in [4.78, 5) is 59.4. The third-order valence-electron chi connectivity index (χ3n) is 9.59. The van der Waals surface area contributed by atoms with Crippen molar-refractivity contribution >= 4 is 40.2 Å². The number of carbonyl (C=O) groups excluding carboxylic acids is 4. The number of carbonyl (C=O) groups is 4. The van der Waals surface area contributed by atoms with E-state index in [1.54, 1.807) is 67.6 Å². The minimum atomic E-state index is -1.04. The van der Waals surface area contributed by atoms with Crippen LogP contribution in [0.4, 0.5) is 5.69 Å². The smallest absolute Gasteiger partial charge is 0.339 e. The van der Waals surface area contributed by atoms with Crippen LogP contribution in [0, 0.1) is 17.8 Å². The zero-order chi connectivity index (χ0) is 34.1. The fourth-order valence-corrected chi connectivity index (χ4v) is 6.89. The Labute approximate surface area is 284 Å². The number of benzene rings is 4. The Bertz CT molecular complexity index is 2040. The Morgan fingerprint density at radius 1 is 0.837 bits per heavy atom. The standard InChI is InChI=1S/C41H36N2O6/c1-25-12-21-33-34(22-25)40(46)43(39(33)45)30-17-13-28(14-18-30)37-23-35(32-10-6-7-11-36(32)42-37)41(47)49-26(2)38(44)29-15-19-31(20-16-29)48-24-27-8-4-3-5-9-27/h3-11,13-20,23,25-26,33-34H,12,21-22,24H2,1-2H3. The molecule has 246 valence electrons. The Kier molecular flexibility index (Phi) is 8.78. The molecule has 2 heterocycles. The lowest BCUT2D eigenvalue weighted by atomic mass is 9.76. The summed E-state index contributed by atoms with van der Waals surface area (Å²) in [7, 11) is 0. The molecule has 1 saturated heterocycles. The molecule has 0 radical (unpaired) electrons. The second-order valence-electron chi connectivity index (χ2n) is 13.0. The highest BCUT2D eigenvalue weighted by Gasteiger charge is 2.49. The van der Waals surface area contributed by atoms with Gasteiger partial charge in [-0.15, -0.1) is 0 Å². The molecule has 4 atom stereocenters. The molecular formula is C41H36N2O6. The molecule has 0 spiro atoms. The Morgan fingerprint density at radius 2 is 1.53 bits per heavy atom. The lowest BCUT2D eigenvalue weighted by molar-refractivity contribution is -0.122. The molecule has 7 rings (SSSR count). The minimum absolute atomic E-state index is 0.125. The van der Waals surface area contributed by atoms with Crippen LogP contribution in [0.2, 0.25) is 0 Å². The monoisotopic (exact) mass is 652 g/mol. The first-order valence-electron chi connectivity index (χ1n) is 16.7. The largest absolute Gasteiger partial charge is 0.489 e. The van der Waals surface area contributed by atoms with Crippen LogP contribution < -0.4 is 9.64 Å². The van der Waals surface area contributed by atoms with Crippen molar-refractivity contribution in [2.75, 3.05) is 4.90 Å². The van der Waals surface area contributed by atoms with Gasteiger partial charge in [-0.3, -0.25) is 19.3 Å². The fourth-order valence-electron chi connectivity index (χ4n) is 6.89. The maximum Gasteiger partial charge on any atom is 0.339 e. The van der Waals surface area contributed by atoms with Gasteiger partial charge >= 0.3 is 5.97 Å². The normalized spacial score (nSPS) is 19.4. The van der Waals surface area contributed by atoms with Crippen LogP contribution in [-0.4, -0.2) is 34.7 Å².